The summed E-state index contributed by atoms with van der Waals surface area (Å²) in [4.78, 5) is 39.3. The number of nitrogens with zero attached hydrogens (tertiary/aromatic N) is 1. The Labute approximate surface area is 229 Å². The second-order valence-corrected chi connectivity index (χ2v) is 10.4. The van der Waals surface area contributed by atoms with Gasteiger partial charge in [0.2, 0.25) is 0 Å². The number of benzene rings is 3. The molecule has 2 N–H and O–H groups in total. The molecule has 0 aliphatic carbocycles. The summed E-state index contributed by atoms with van der Waals surface area (Å²) in [6, 6.07) is 17.8. The average Bonchev–Trinajstić information content (AvgIpc) is 3.23. The van der Waals surface area contributed by atoms with E-state index in [2.05, 4.69) is 12.2 Å². The Morgan fingerprint density at radius 1 is 1.00 bits per heavy atom. The average molecular weight is 529 g/mol. The number of hydrogen-bond acceptors (Lipinski definition) is 4. The molecule has 204 valence electrons. The van der Waals surface area contributed by atoms with Crippen molar-refractivity contribution in [2.45, 2.75) is 59.0 Å². The van der Waals surface area contributed by atoms with E-state index < -0.39 is 12.0 Å². The van der Waals surface area contributed by atoms with Gasteiger partial charge in [0.15, 0.2) is 0 Å². The lowest BCUT2D eigenvalue weighted by Gasteiger charge is -2.27. The van der Waals surface area contributed by atoms with Crippen LogP contribution in [0, 0.1) is 5.92 Å². The Morgan fingerprint density at radius 3 is 2.38 bits per heavy atom. The molecule has 0 bridgehead atoms. The van der Waals surface area contributed by atoms with E-state index in [0.717, 1.165) is 29.5 Å². The SMILES string of the molecule is CCCCCc1ccc(C(=O)Nc2ccc(-c3ccc4c(c3)C(=O)N([C@H](C(=O)O)C(C)C)C4)c(OC)c2)cc1. The highest BCUT2D eigenvalue weighted by atomic mass is 16.5. The normalized spacial score (nSPS) is 13.4. The minimum Gasteiger partial charge on any atom is -0.496 e. The fourth-order valence-electron chi connectivity index (χ4n) is 5.11. The van der Waals surface area contributed by atoms with E-state index in [4.69, 9.17) is 4.74 Å². The van der Waals surface area contributed by atoms with Gasteiger partial charge in [-0.25, -0.2) is 4.79 Å². The largest absolute Gasteiger partial charge is 0.496 e. The van der Waals surface area contributed by atoms with Crippen molar-refractivity contribution in [1.29, 1.82) is 0 Å². The third-order valence-corrected chi connectivity index (χ3v) is 7.22. The molecular formula is C32H36N2O5. The lowest BCUT2D eigenvalue weighted by atomic mass is 9.99. The number of carboxylic acids is 1. The highest BCUT2D eigenvalue weighted by Gasteiger charge is 2.38. The number of aryl methyl sites for hydroxylation is 1. The topological polar surface area (TPSA) is 95.9 Å². The molecule has 1 atom stereocenters. The van der Waals surface area contributed by atoms with Gasteiger partial charge in [-0.05, 0) is 65.8 Å². The number of methoxy groups -OCH3 is 1. The summed E-state index contributed by atoms with van der Waals surface area (Å²) in [6.45, 7) is 6.05. The van der Waals surface area contributed by atoms with Gasteiger partial charge in [0, 0.05) is 35.0 Å². The number of anilines is 1. The fraction of sp³-hybridized carbons (Fsp3) is 0.344. The van der Waals surface area contributed by atoms with Crippen LogP contribution in [0.4, 0.5) is 5.69 Å². The van der Waals surface area contributed by atoms with Crippen LogP contribution in [0.3, 0.4) is 0 Å². The van der Waals surface area contributed by atoms with Crippen LogP contribution in [-0.2, 0) is 17.8 Å². The number of carboxylic acid groups (broad SMARTS) is 1. The van der Waals surface area contributed by atoms with E-state index in [-0.39, 0.29) is 24.3 Å². The van der Waals surface area contributed by atoms with Gasteiger partial charge in [0.05, 0.1) is 7.11 Å². The third-order valence-electron chi connectivity index (χ3n) is 7.22. The van der Waals surface area contributed by atoms with Gasteiger partial charge in [-0.15, -0.1) is 0 Å². The number of rotatable bonds is 11. The third kappa shape index (κ3) is 6.14. The molecule has 0 fully saturated rings. The zero-order chi connectivity index (χ0) is 28.1. The number of aliphatic carboxylic acids is 1. The van der Waals surface area contributed by atoms with Gasteiger partial charge >= 0.3 is 5.97 Å². The number of ether oxygens (including phenoxy) is 1. The van der Waals surface area contributed by atoms with Gasteiger partial charge in [-0.3, -0.25) is 9.59 Å². The standard InChI is InChI=1S/C32H36N2O5/c1-5-6-7-8-21-9-11-22(12-10-21)30(35)33-25-15-16-26(28(18-25)39-4)23-13-14-24-19-34(31(36)27(24)17-23)29(20(2)3)32(37)38/h9-18,20,29H,5-8,19H2,1-4H3,(H,33,35)(H,37,38)/t29-/m0/s1. The zero-order valence-corrected chi connectivity index (χ0v) is 23.0. The molecule has 0 radical (unpaired) electrons. The second kappa shape index (κ2) is 12.2. The fourth-order valence-corrected chi connectivity index (χ4v) is 5.11. The van der Waals surface area contributed by atoms with Crippen LogP contribution in [-0.4, -0.2) is 40.9 Å². The molecule has 4 rings (SSSR count). The van der Waals surface area contributed by atoms with Crippen molar-refractivity contribution in [1.82, 2.24) is 4.90 Å². The molecule has 3 aromatic rings. The first-order valence-corrected chi connectivity index (χ1v) is 13.5. The summed E-state index contributed by atoms with van der Waals surface area (Å²) in [5.41, 5.74) is 5.24. The van der Waals surface area contributed by atoms with Crippen molar-refractivity contribution in [3.05, 3.63) is 82.9 Å². The molecular weight excluding hydrogens is 492 g/mol. The maximum absolute atomic E-state index is 13.2. The van der Waals surface area contributed by atoms with Gasteiger partial charge < -0.3 is 20.1 Å². The van der Waals surface area contributed by atoms with Crippen molar-refractivity contribution in [3.8, 4) is 16.9 Å². The number of amides is 2. The van der Waals surface area contributed by atoms with Crippen molar-refractivity contribution in [2.24, 2.45) is 5.92 Å². The first-order chi connectivity index (χ1) is 18.7. The Bertz CT molecular complexity index is 1360. The van der Waals surface area contributed by atoms with Gasteiger partial charge in [0.25, 0.3) is 11.8 Å². The first kappa shape index (κ1) is 27.9. The van der Waals surface area contributed by atoms with Crippen LogP contribution < -0.4 is 10.1 Å². The van der Waals surface area contributed by atoms with Crippen molar-refractivity contribution >= 4 is 23.5 Å². The van der Waals surface area contributed by atoms with Crippen LogP contribution in [0.5, 0.6) is 5.75 Å². The van der Waals surface area contributed by atoms with E-state index in [1.807, 2.05) is 42.5 Å². The van der Waals surface area contributed by atoms with Gasteiger partial charge in [0.1, 0.15) is 11.8 Å². The maximum atomic E-state index is 13.2. The number of fused-ring (bicyclic) bond motifs is 1. The molecule has 7 heteroatoms. The van der Waals surface area contributed by atoms with Crippen LogP contribution in [0.1, 0.15) is 71.9 Å². The minimum atomic E-state index is -1.01. The van der Waals surface area contributed by atoms with Gasteiger partial charge in [-0.2, -0.15) is 0 Å². The smallest absolute Gasteiger partial charge is 0.326 e. The molecule has 0 saturated carbocycles. The molecule has 39 heavy (non-hydrogen) atoms. The summed E-state index contributed by atoms with van der Waals surface area (Å²) in [7, 11) is 1.56. The predicted octanol–water partition coefficient (Wildman–Crippen LogP) is 6.41. The summed E-state index contributed by atoms with van der Waals surface area (Å²) in [5.74, 6) is -1.16. The summed E-state index contributed by atoms with van der Waals surface area (Å²) in [6.07, 6.45) is 4.53. The van der Waals surface area contributed by atoms with Crippen molar-refractivity contribution < 1.29 is 24.2 Å². The monoisotopic (exact) mass is 528 g/mol. The minimum absolute atomic E-state index is 0.203. The molecule has 7 nitrogen and oxygen atoms in total. The number of carbonyl (C=O) groups is 3. The van der Waals surface area contributed by atoms with Crippen molar-refractivity contribution in [2.75, 3.05) is 12.4 Å². The molecule has 0 aromatic heterocycles. The Kier molecular flexibility index (Phi) is 8.69. The lowest BCUT2D eigenvalue weighted by molar-refractivity contribution is -0.144. The number of unbranched alkanes of at least 4 members (excludes halogenated alkanes) is 2. The number of hydrogen-bond donors (Lipinski definition) is 2. The molecule has 0 saturated heterocycles. The highest BCUT2D eigenvalue weighted by Crippen LogP contribution is 2.36. The molecule has 1 heterocycles. The predicted molar refractivity (Wildman–Crippen MR) is 152 cm³/mol. The highest BCUT2D eigenvalue weighted by molar-refractivity contribution is 6.05. The van der Waals surface area contributed by atoms with Crippen molar-refractivity contribution in [3.63, 3.8) is 0 Å². The first-order valence-electron chi connectivity index (χ1n) is 13.5. The quantitative estimate of drug-likeness (QED) is 0.280. The lowest BCUT2D eigenvalue weighted by Crippen LogP contribution is -2.44. The molecule has 3 aromatic carbocycles. The second-order valence-electron chi connectivity index (χ2n) is 10.4. The molecule has 1 aliphatic rings. The van der Waals surface area contributed by atoms with E-state index in [0.29, 0.717) is 22.6 Å². The van der Waals surface area contributed by atoms with Crippen LogP contribution >= 0.6 is 0 Å². The van der Waals surface area contributed by atoms with Crippen LogP contribution in [0.15, 0.2) is 60.7 Å². The Balaban J connectivity index is 1.51. The van der Waals surface area contributed by atoms with Crippen LogP contribution in [0.2, 0.25) is 0 Å². The maximum Gasteiger partial charge on any atom is 0.326 e. The molecule has 0 spiro atoms. The molecule has 2 amide bonds. The van der Waals surface area contributed by atoms with E-state index >= 15 is 0 Å². The van der Waals surface area contributed by atoms with E-state index in [1.165, 1.54) is 23.3 Å². The van der Waals surface area contributed by atoms with E-state index in [9.17, 15) is 19.5 Å². The summed E-state index contributed by atoms with van der Waals surface area (Å²) >= 11 is 0. The zero-order valence-electron chi connectivity index (χ0n) is 23.0. The summed E-state index contributed by atoms with van der Waals surface area (Å²) in [5, 5.41) is 12.6. The van der Waals surface area contributed by atoms with Gasteiger partial charge in [-0.1, -0.05) is 57.9 Å². The summed E-state index contributed by atoms with van der Waals surface area (Å²) < 4.78 is 5.63. The number of nitrogens with one attached hydrogen (secondary N) is 1. The van der Waals surface area contributed by atoms with Crippen LogP contribution in [0.25, 0.3) is 11.1 Å². The Hall–Kier alpha value is -4.13. The van der Waals surface area contributed by atoms with E-state index in [1.54, 1.807) is 39.2 Å². The Morgan fingerprint density at radius 2 is 1.74 bits per heavy atom. The number of carbonyl (C=O) groups excluding carboxylic acids is 2. The molecule has 1 aliphatic heterocycles. The molecule has 0 unspecified atom stereocenters.